The maximum atomic E-state index is 13.2. The van der Waals surface area contributed by atoms with Crippen LogP contribution in [0.3, 0.4) is 0 Å². The molecule has 0 radical (unpaired) electrons. The van der Waals surface area contributed by atoms with Gasteiger partial charge in [0.1, 0.15) is 24.2 Å². The molecule has 0 saturated heterocycles. The van der Waals surface area contributed by atoms with Crippen LogP contribution in [0.1, 0.15) is 31.2 Å². The molecule has 4 unspecified atom stereocenters. The van der Waals surface area contributed by atoms with Crippen LogP contribution in [-0.2, 0) is 35.2 Å². The first-order valence-corrected chi connectivity index (χ1v) is 12.0. The Morgan fingerprint density at radius 1 is 0.821 bits per heavy atom. The van der Waals surface area contributed by atoms with Crippen molar-refractivity contribution in [1.82, 2.24) is 20.9 Å². The largest absolute Gasteiger partial charge is 0.480 e. The first-order valence-electron chi connectivity index (χ1n) is 12.0. The minimum absolute atomic E-state index is 0.0869. The van der Waals surface area contributed by atoms with Gasteiger partial charge in [0.25, 0.3) is 0 Å². The molecule has 0 aliphatic carbocycles. The Morgan fingerprint density at radius 2 is 1.36 bits per heavy atom. The van der Waals surface area contributed by atoms with Gasteiger partial charge in [0.2, 0.25) is 29.5 Å². The fraction of sp³-hybridized carbons (Fsp3) is 0.417. The number of carboxylic acid groups (broad SMARTS) is 1. The van der Waals surface area contributed by atoms with Crippen molar-refractivity contribution < 1.29 is 39.0 Å². The van der Waals surface area contributed by atoms with Crippen LogP contribution in [0.5, 0.6) is 0 Å². The van der Waals surface area contributed by atoms with Gasteiger partial charge in [-0.25, -0.2) is 4.79 Å². The van der Waals surface area contributed by atoms with Crippen LogP contribution in [-0.4, -0.2) is 81.5 Å². The van der Waals surface area contributed by atoms with Gasteiger partial charge in [0.15, 0.2) is 0 Å². The number of nitrogens with two attached hydrogens (primary N) is 3. The van der Waals surface area contributed by atoms with Gasteiger partial charge in [0, 0.05) is 36.4 Å². The summed E-state index contributed by atoms with van der Waals surface area (Å²) in [6.45, 7) is -0.705. The summed E-state index contributed by atoms with van der Waals surface area (Å²) in [6, 6.07) is 1.65. The molecule has 39 heavy (non-hydrogen) atoms. The zero-order valence-corrected chi connectivity index (χ0v) is 21.0. The third-order valence-electron chi connectivity index (χ3n) is 5.87. The molecule has 15 nitrogen and oxygen atoms in total. The van der Waals surface area contributed by atoms with Gasteiger partial charge < -0.3 is 48.3 Å². The number of amides is 5. The van der Waals surface area contributed by atoms with E-state index in [0.717, 1.165) is 10.9 Å². The number of aliphatic hydroxyl groups excluding tert-OH is 1. The van der Waals surface area contributed by atoms with Crippen molar-refractivity contribution >= 4 is 46.4 Å². The van der Waals surface area contributed by atoms with Crippen molar-refractivity contribution in [3.63, 3.8) is 0 Å². The van der Waals surface area contributed by atoms with Gasteiger partial charge >= 0.3 is 5.97 Å². The topological polar surface area (TPSA) is 273 Å². The van der Waals surface area contributed by atoms with Crippen LogP contribution < -0.4 is 33.2 Å². The van der Waals surface area contributed by atoms with E-state index in [1.165, 1.54) is 0 Å². The highest BCUT2D eigenvalue weighted by molar-refractivity contribution is 5.95. The average molecular weight is 548 g/mol. The van der Waals surface area contributed by atoms with Crippen molar-refractivity contribution in [2.45, 2.75) is 56.3 Å². The summed E-state index contributed by atoms with van der Waals surface area (Å²) in [6.07, 6.45) is 0.439. The second kappa shape index (κ2) is 14.4. The van der Waals surface area contributed by atoms with Crippen LogP contribution in [0.25, 0.3) is 10.9 Å². The van der Waals surface area contributed by atoms with E-state index in [9.17, 15) is 33.9 Å². The molecule has 15 heteroatoms. The standard InChI is InChI=1S/C24H33N7O8/c25-14(11-32)21(35)29-16(5-7-19(26)33)22(36)31-18(9-12-10-28-15-4-2-1-3-13(12)15)23(37)30-17(24(38)39)6-8-20(27)34/h1-4,10,14,16-18,28,32H,5-9,11,25H2,(H2,26,33)(H2,27,34)(H,29,35)(H,30,37)(H,31,36)(H,38,39). The quantitative estimate of drug-likeness (QED) is 0.104. The molecule has 2 rings (SSSR count). The van der Waals surface area contributed by atoms with Crippen molar-refractivity contribution in [3.05, 3.63) is 36.0 Å². The number of aromatic nitrogens is 1. The molecule has 0 aliphatic rings. The zero-order chi connectivity index (χ0) is 29.1. The van der Waals surface area contributed by atoms with E-state index < -0.39 is 66.3 Å². The predicted molar refractivity (Wildman–Crippen MR) is 137 cm³/mol. The number of carbonyl (C=O) groups is 6. The molecule has 2 aromatic rings. The first kappa shape index (κ1) is 30.7. The van der Waals surface area contributed by atoms with Gasteiger partial charge in [-0.3, -0.25) is 24.0 Å². The molecule has 1 aromatic heterocycles. The predicted octanol–water partition coefficient (Wildman–Crippen LogP) is -2.90. The molecule has 1 heterocycles. The second-order valence-corrected chi connectivity index (χ2v) is 8.88. The molecule has 0 fully saturated rings. The zero-order valence-electron chi connectivity index (χ0n) is 21.0. The van der Waals surface area contributed by atoms with Crippen LogP contribution in [0.4, 0.5) is 0 Å². The van der Waals surface area contributed by atoms with E-state index in [1.54, 1.807) is 30.5 Å². The normalized spacial score (nSPS) is 14.0. The minimum Gasteiger partial charge on any atom is -0.480 e. The van der Waals surface area contributed by atoms with E-state index in [4.69, 9.17) is 22.3 Å². The summed E-state index contributed by atoms with van der Waals surface area (Å²) in [5.74, 6) is -5.55. The van der Waals surface area contributed by atoms with E-state index in [1.807, 2.05) is 0 Å². The third-order valence-corrected chi connectivity index (χ3v) is 5.87. The number of para-hydroxylation sites is 1. The number of aromatic amines is 1. The Bertz CT molecular complexity index is 1210. The van der Waals surface area contributed by atoms with Crippen LogP contribution in [0.2, 0.25) is 0 Å². The Labute approximate surface area is 222 Å². The SMILES string of the molecule is NC(=O)CCC(NC(=O)C(Cc1c[nH]c2ccccc12)NC(=O)C(CCC(N)=O)NC(=O)C(N)CO)C(=O)O. The van der Waals surface area contributed by atoms with Crippen LogP contribution >= 0.6 is 0 Å². The summed E-state index contributed by atoms with van der Waals surface area (Å²) in [7, 11) is 0. The Kier molecular flexibility index (Phi) is 11.4. The number of aliphatic hydroxyl groups is 1. The highest BCUT2D eigenvalue weighted by atomic mass is 16.4. The molecule has 4 atom stereocenters. The lowest BCUT2D eigenvalue weighted by Gasteiger charge is -2.25. The van der Waals surface area contributed by atoms with Crippen molar-refractivity contribution in [1.29, 1.82) is 0 Å². The third kappa shape index (κ3) is 9.39. The molecular formula is C24H33N7O8. The number of carbonyl (C=O) groups excluding carboxylic acids is 5. The fourth-order valence-electron chi connectivity index (χ4n) is 3.74. The first-order chi connectivity index (χ1) is 18.4. The number of hydrogen-bond donors (Lipinski definition) is 9. The lowest BCUT2D eigenvalue weighted by atomic mass is 10.0. The number of aliphatic carboxylic acids is 1. The highest BCUT2D eigenvalue weighted by Gasteiger charge is 2.31. The Hall–Kier alpha value is -4.50. The summed E-state index contributed by atoms with van der Waals surface area (Å²) >= 11 is 0. The molecule has 1 aromatic carbocycles. The van der Waals surface area contributed by atoms with Gasteiger partial charge in [-0.2, -0.15) is 0 Å². The maximum Gasteiger partial charge on any atom is 0.326 e. The minimum atomic E-state index is -1.47. The summed E-state index contributed by atoms with van der Waals surface area (Å²) in [5, 5.41) is 26.5. The number of nitrogens with one attached hydrogen (secondary N) is 4. The molecule has 0 bridgehead atoms. The molecule has 0 saturated carbocycles. The highest BCUT2D eigenvalue weighted by Crippen LogP contribution is 2.19. The monoisotopic (exact) mass is 547 g/mol. The number of benzene rings is 1. The van der Waals surface area contributed by atoms with E-state index in [2.05, 4.69) is 20.9 Å². The van der Waals surface area contributed by atoms with Crippen molar-refractivity contribution in [3.8, 4) is 0 Å². The number of H-pyrrole nitrogens is 1. The number of carboxylic acids is 1. The molecular weight excluding hydrogens is 514 g/mol. The van der Waals surface area contributed by atoms with Gasteiger partial charge in [-0.1, -0.05) is 18.2 Å². The van der Waals surface area contributed by atoms with Gasteiger partial charge in [0.05, 0.1) is 6.61 Å². The fourth-order valence-corrected chi connectivity index (χ4v) is 3.74. The summed E-state index contributed by atoms with van der Waals surface area (Å²) in [4.78, 5) is 75.8. The van der Waals surface area contributed by atoms with E-state index in [-0.39, 0.29) is 32.1 Å². The molecule has 0 aliphatic heterocycles. The lowest BCUT2D eigenvalue weighted by molar-refractivity contribution is -0.142. The molecule has 0 spiro atoms. The van der Waals surface area contributed by atoms with E-state index >= 15 is 0 Å². The second-order valence-electron chi connectivity index (χ2n) is 8.88. The molecule has 212 valence electrons. The smallest absolute Gasteiger partial charge is 0.326 e. The average Bonchev–Trinajstić information content (AvgIpc) is 3.29. The summed E-state index contributed by atoms with van der Waals surface area (Å²) in [5.41, 5.74) is 17.2. The number of primary amides is 2. The molecule has 12 N–H and O–H groups in total. The van der Waals surface area contributed by atoms with Gasteiger partial charge in [-0.05, 0) is 24.5 Å². The number of hydrogen-bond acceptors (Lipinski definition) is 8. The Morgan fingerprint density at radius 3 is 1.95 bits per heavy atom. The number of fused-ring (bicyclic) bond motifs is 1. The Balaban J connectivity index is 2.33. The van der Waals surface area contributed by atoms with E-state index in [0.29, 0.717) is 5.56 Å². The summed E-state index contributed by atoms with van der Waals surface area (Å²) < 4.78 is 0. The lowest BCUT2D eigenvalue weighted by Crippen LogP contribution is -2.58. The van der Waals surface area contributed by atoms with Crippen LogP contribution in [0.15, 0.2) is 30.5 Å². The van der Waals surface area contributed by atoms with Crippen molar-refractivity contribution in [2.75, 3.05) is 6.61 Å². The number of rotatable bonds is 16. The van der Waals surface area contributed by atoms with Crippen molar-refractivity contribution in [2.24, 2.45) is 17.2 Å². The molecule has 5 amide bonds. The van der Waals surface area contributed by atoms with Gasteiger partial charge in [-0.15, -0.1) is 0 Å². The van der Waals surface area contributed by atoms with Crippen LogP contribution in [0, 0.1) is 0 Å². The maximum absolute atomic E-state index is 13.2.